The first-order valence-electron chi connectivity index (χ1n) is 5.54. The summed E-state index contributed by atoms with van der Waals surface area (Å²) in [5.74, 6) is 0.373. The molecule has 1 unspecified atom stereocenters. The summed E-state index contributed by atoms with van der Waals surface area (Å²) in [5, 5.41) is 11.4. The minimum atomic E-state index is -1.10. The van der Waals surface area contributed by atoms with Crippen molar-refractivity contribution >= 4 is 11.8 Å². The van der Waals surface area contributed by atoms with E-state index in [9.17, 15) is 4.79 Å². The Morgan fingerprint density at radius 3 is 2.61 bits per heavy atom. The van der Waals surface area contributed by atoms with Crippen LogP contribution in [0, 0.1) is 5.41 Å². The first-order valence-corrected chi connectivity index (χ1v) is 5.54. The predicted molar refractivity (Wildman–Crippen MR) is 68.6 cm³/mol. The quantitative estimate of drug-likeness (QED) is 0.765. The molecule has 1 atom stereocenters. The van der Waals surface area contributed by atoms with Crippen molar-refractivity contribution in [2.45, 2.75) is 26.8 Å². The van der Waals surface area contributed by atoms with Crippen LogP contribution >= 0.6 is 0 Å². The second-order valence-electron chi connectivity index (χ2n) is 5.12. The van der Waals surface area contributed by atoms with Crippen molar-refractivity contribution in [2.75, 3.05) is 12.8 Å². The Labute approximate surface area is 106 Å². The van der Waals surface area contributed by atoms with Crippen molar-refractivity contribution in [3.8, 4) is 5.88 Å². The van der Waals surface area contributed by atoms with Gasteiger partial charge in [0.25, 0.3) is 0 Å². The number of nitrogens with one attached hydrogen (secondary N) is 1. The zero-order chi connectivity index (χ0) is 13.9. The Kier molecular flexibility index (Phi) is 4.00. The zero-order valence-electron chi connectivity index (χ0n) is 11.0. The number of aromatic nitrogens is 1. The molecule has 0 saturated heterocycles. The summed E-state index contributed by atoms with van der Waals surface area (Å²) in [5.41, 5.74) is 6.47. The molecule has 1 aromatic heterocycles. The van der Waals surface area contributed by atoms with E-state index in [4.69, 9.17) is 15.6 Å². The van der Waals surface area contributed by atoms with Crippen LogP contribution < -0.4 is 15.8 Å². The lowest BCUT2D eigenvalue weighted by Crippen LogP contribution is -2.36. The third-order valence-corrected chi connectivity index (χ3v) is 2.54. The first kappa shape index (κ1) is 14.1. The molecule has 18 heavy (non-hydrogen) atoms. The highest BCUT2D eigenvalue weighted by Crippen LogP contribution is 2.37. The lowest BCUT2D eigenvalue weighted by atomic mass is 9.82. The highest BCUT2D eigenvalue weighted by Gasteiger charge is 2.31. The minimum absolute atomic E-state index is 0.332. The molecule has 0 spiro atoms. The third kappa shape index (κ3) is 3.26. The molecule has 1 aromatic rings. The Morgan fingerprint density at radius 1 is 1.56 bits per heavy atom. The Hall–Kier alpha value is -1.98. The van der Waals surface area contributed by atoms with Gasteiger partial charge in [0, 0.05) is 5.56 Å². The van der Waals surface area contributed by atoms with Gasteiger partial charge in [-0.25, -0.2) is 9.78 Å². The van der Waals surface area contributed by atoms with Crippen molar-refractivity contribution in [1.82, 2.24) is 10.3 Å². The van der Waals surface area contributed by atoms with Gasteiger partial charge >= 0.3 is 6.09 Å². The normalized spacial score (nSPS) is 12.9. The molecule has 1 amide bonds. The second kappa shape index (κ2) is 5.12. The summed E-state index contributed by atoms with van der Waals surface area (Å²) in [7, 11) is 1.49. The molecule has 0 aromatic carbocycles. The summed E-state index contributed by atoms with van der Waals surface area (Å²) in [4.78, 5) is 15.0. The van der Waals surface area contributed by atoms with Crippen LogP contribution in [0.4, 0.5) is 10.5 Å². The fourth-order valence-electron chi connectivity index (χ4n) is 1.75. The summed E-state index contributed by atoms with van der Waals surface area (Å²) in [6.45, 7) is 5.78. The number of nitrogens with two attached hydrogens (primary N) is 1. The minimum Gasteiger partial charge on any atom is -0.481 e. The highest BCUT2D eigenvalue weighted by atomic mass is 16.5. The van der Waals surface area contributed by atoms with Gasteiger partial charge < -0.3 is 20.9 Å². The second-order valence-corrected chi connectivity index (χ2v) is 5.12. The topological polar surface area (TPSA) is 97.5 Å². The fraction of sp³-hybridized carbons (Fsp3) is 0.500. The molecule has 0 aliphatic rings. The molecule has 4 N–H and O–H groups in total. The molecule has 1 rings (SSSR count). The summed E-state index contributed by atoms with van der Waals surface area (Å²) >= 11 is 0. The average molecular weight is 253 g/mol. The maximum Gasteiger partial charge on any atom is 0.405 e. The molecule has 0 saturated carbocycles. The van der Waals surface area contributed by atoms with Gasteiger partial charge in [-0.3, -0.25) is 0 Å². The van der Waals surface area contributed by atoms with Crippen LogP contribution in [0.25, 0.3) is 0 Å². The van der Waals surface area contributed by atoms with Crippen molar-refractivity contribution in [1.29, 1.82) is 0 Å². The number of amides is 1. The van der Waals surface area contributed by atoms with Crippen molar-refractivity contribution < 1.29 is 14.6 Å². The summed E-state index contributed by atoms with van der Waals surface area (Å²) < 4.78 is 5.16. The summed E-state index contributed by atoms with van der Waals surface area (Å²) in [6.07, 6.45) is 0.377. The molecule has 0 aliphatic carbocycles. The van der Waals surface area contributed by atoms with Crippen LogP contribution in [-0.2, 0) is 0 Å². The van der Waals surface area contributed by atoms with Crippen molar-refractivity contribution in [2.24, 2.45) is 5.41 Å². The Bertz CT molecular complexity index is 441. The van der Waals surface area contributed by atoms with Crippen LogP contribution in [0.1, 0.15) is 32.4 Å². The number of nitrogen functional groups attached to an aromatic ring is 1. The van der Waals surface area contributed by atoms with Gasteiger partial charge in [-0.1, -0.05) is 20.8 Å². The largest absolute Gasteiger partial charge is 0.481 e. The van der Waals surface area contributed by atoms with Crippen LogP contribution in [-0.4, -0.2) is 23.3 Å². The Balaban J connectivity index is 3.27. The van der Waals surface area contributed by atoms with Crippen LogP contribution in [0.15, 0.2) is 12.3 Å². The maximum absolute atomic E-state index is 10.9. The number of anilines is 1. The molecule has 1 heterocycles. The lowest BCUT2D eigenvalue weighted by molar-refractivity contribution is 0.174. The molecule has 0 aliphatic heterocycles. The molecule has 6 heteroatoms. The van der Waals surface area contributed by atoms with E-state index in [0.29, 0.717) is 17.1 Å². The number of nitrogens with zero attached hydrogens (tertiary/aromatic N) is 1. The molecule has 100 valence electrons. The number of pyridine rings is 1. The number of methoxy groups -OCH3 is 1. The smallest absolute Gasteiger partial charge is 0.405 e. The number of carbonyl (C=O) groups is 1. The summed E-state index contributed by atoms with van der Waals surface area (Å²) in [6, 6.07) is 1.22. The van der Waals surface area contributed by atoms with Crippen LogP contribution in [0.2, 0.25) is 0 Å². The van der Waals surface area contributed by atoms with Gasteiger partial charge in [0.05, 0.1) is 25.0 Å². The van der Waals surface area contributed by atoms with E-state index in [1.54, 1.807) is 6.07 Å². The van der Waals surface area contributed by atoms with Crippen LogP contribution in [0.3, 0.4) is 0 Å². The van der Waals surface area contributed by atoms with Gasteiger partial charge in [-0.2, -0.15) is 0 Å². The Morgan fingerprint density at radius 2 is 2.17 bits per heavy atom. The highest BCUT2D eigenvalue weighted by molar-refractivity contribution is 5.66. The fourth-order valence-corrected chi connectivity index (χ4v) is 1.75. The first-order chi connectivity index (χ1) is 8.25. The van der Waals surface area contributed by atoms with E-state index < -0.39 is 12.1 Å². The van der Waals surface area contributed by atoms with E-state index in [2.05, 4.69) is 10.3 Å². The van der Waals surface area contributed by atoms with Gasteiger partial charge in [0.2, 0.25) is 5.88 Å². The van der Waals surface area contributed by atoms with Gasteiger partial charge in [0.15, 0.2) is 0 Å². The van der Waals surface area contributed by atoms with E-state index in [0.717, 1.165) is 0 Å². The van der Waals surface area contributed by atoms with Crippen molar-refractivity contribution in [3.63, 3.8) is 0 Å². The molecule has 0 fully saturated rings. The van der Waals surface area contributed by atoms with Gasteiger partial charge in [-0.05, 0) is 11.5 Å². The van der Waals surface area contributed by atoms with Crippen LogP contribution in [0.5, 0.6) is 5.88 Å². The number of hydrogen-bond donors (Lipinski definition) is 3. The van der Waals surface area contributed by atoms with Crippen molar-refractivity contribution in [3.05, 3.63) is 17.8 Å². The number of ether oxygens (including phenoxy) is 1. The monoisotopic (exact) mass is 253 g/mol. The third-order valence-electron chi connectivity index (χ3n) is 2.54. The number of carboxylic acid groups (broad SMARTS) is 1. The number of rotatable bonds is 3. The SMILES string of the molecule is COc1ncc(N)cc1C(NC(=O)O)C(C)(C)C. The molecular weight excluding hydrogens is 234 g/mol. The molecular formula is C12H19N3O3. The molecule has 0 radical (unpaired) electrons. The zero-order valence-corrected chi connectivity index (χ0v) is 11.0. The van der Waals surface area contributed by atoms with Gasteiger partial charge in [0.1, 0.15) is 0 Å². The predicted octanol–water partition coefficient (Wildman–Crippen LogP) is 2.03. The number of hydrogen-bond acceptors (Lipinski definition) is 4. The standard InChI is InChI=1S/C12H19N3O3/c1-12(2,3)9(15-11(16)17)8-5-7(13)6-14-10(8)18-4/h5-6,9,15H,13H2,1-4H3,(H,16,17). The van der Waals surface area contributed by atoms with E-state index in [1.165, 1.54) is 13.3 Å². The van der Waals surface area contributed by atoms with E-state index >= 15 is 0 Å². The lowest BCUT2D eigenvalue weighted by Gasteiger charge is -2.31. The van der Waals surface area contributed by atoms with E-state index in [-0.39, 0.29) is 5.41 Å². The van der Waals surface area contributed by atoms with Gasteiger partial charge in [-0.15, -0.1) is 0 Å². The molecule has 0 bridgehead atoms. The van der Waals surface area contributed by atoms with E-state index in [1.807, 2.05) is 20.8 Å². The maximum atomic E-state index is 10.9. The molecule has 6 nitrogen and oxygen atoms in total. The average Bonchev–Trinajstić information content (AvgIpc) is 2.24.